The van der Waals surface area contributed by atoms with Crippen molar-refractivity contribution in [2.45, 2.75) is 45.1 Å². The van der Waals surface area contributed by atoms with Gasteiger partial charge in [-0.15, -0.1) is 0 Å². The Hall–Kier alpha value is -0.800. The molecule has 3 nitrogen and oxygen atoms in total. The monoisotopic (exact) mass is 264 g/mol. The second-order valence-corrected chi connectivity index (χ2v) is 6.01. The molecular weight excluding hydrogens is 245 g/mol. The first-order valence-electron chi connectivity index (χ1n) is 5.84. The number of rotatable bonds is 2. The number of nitrogens with zero attached hydrogens (tertiary/aromatic N) is 2. The third kappa shape index (κ3) is 4.14. The lowest BCUT2D eigenvalue weighted by Gasteiger charge is -2.47. The van der Waals surface area contributed by atoms with Crippen LogP contribution >= 0.6 is 0 Å². The maximum Gasteiger partial charge on any atom is 0.405 e. The standard InChI is InChI=1S/C12H19F3N2O/c1-10(2)7-17(8-11(3,4)18-10)6-9(5-16)12(13,14)15/h9H,6-8H2,1-4H3. The highest BCUT2D eigenvalue weighted by Gasteiger charge is 2.44. The number of halogens is 3. The molecule has 18 heavy (non-hydrogen) atoms. The maximum absolute atomic E-state index is 12.6. The summed E-state index contributed by atoms with van der Waals surface area (Å²) in [4.78, 5) is 1.66. The van der Waals surface area contributed by atoms with Crippen LogP contribution in [0, 0.1) is 17.2 Å². The third-order valence-electron chi connectivity index (χ3n) is 2.75. The van der Waals surface area contributed by atoms with E-state index in [0.29, 0.717) is 13.1 Å². The van der Waals surface area contributed by atoms with E-state index in [1.807, 2.05) is 27.7 Å². The maximum atomic E-state index is 12.6. The molecule has 0 aromatic carbocycles. The van der Waals surface area contributed by atoms with Crippen LogP contribution < -0.4 is 0 Å². The number of ether oxygens (including phenoxy) is 1. The largest absolute Gasteiger partial charge is 0.405 e. The van der Waals surface area contributed by atoms with Crippen LogP contribution in [0.2, 0.25) is 0 Å². The summed E-state index contributed by atoms with van der Waals surface area (Å²) < 4.78 is 43.5. The van der Waals surface area contributed by atoms with E-state index in [2.05, 4.69) is 0 Å². The summed E-state index contributed by atoms with van der Waals surface area (Å²) in [6.45, 7) is 7.86. The normalized spacial score (nSPS) is 25.4. The smallest absolute Gasteiger partial charge is 0.367 e. The first-order chi connectivity index (χ1) is 7.95. The molecule has 0 aromatic rings. The molecule has 0 aliphatic carbocycles. The summed E-state index contributed by atoms with van der Waals surface area (Å²) in [5, 5.41) is 8.62. The van der Waals surface area contributed by atoms with E-state index in [1.165, 1.54) is 6.07 Å². The van der Waals surface area contributed by atoms with Gasteiger partial charge in [-0.25, -0.2) is 0 Å². The molecule has 1 unspecified atom stereocenters. The SMILES string of the molecule is CC1(C)CN(CC(C#N)C(F)(F)F)CC(C)(C)O1. The number of alkyl halides is 3. The van der Waals surface area contributed by atoms with Gasteiger partial charge in [-0.2, -0.15) is 18.4 Å². The summed E-state index contributed by atoms with van der Waals surface area (Å²) >= 11 is 0. The summed E-state index contributed by atoms with van der Waals surface area (Å²) in [6, 6.07) is 1.34. The van der Waals surface area contributed by atoms with Gasteiger partial charge in [-0.05, 0) is 27.7 Å². The Morgan fingerprint density at radius 3 is 2.00 bits per heavy atom. The fourth-order valence-electron chi connectivity index (χ4n) is 2.55. The first kappa shape index (κ1) is 15.3. The highest BCUT2D eigenvalue weighted by Crippen LogP contribution is 2.31. The molecular formula is C12H19F3N2O. The van der Waals surface area contributed by atoms with Gasteiger partial charge in [0.2, 0.25) is 0 Å². The van der Waals surface area contributed by atoms with E-state index in [-0.39, 0.29) is 6.54 Å². The molecule has 0 radical (unpaired) electrons. The fraction of sp³-hybridized carbons (Fsp3) is 0.917. The van der Waals surface area contributed by atoms with Crippen LogP contribution in [0.1, 0.15) is 27.7 Å². The van der Waals surface area contributed by atoms with Crippen molar-refractivity contribution in [1.82, 2.24) is 4.90 Å². The summed E-state index contributed by atoms with van der Waals surface area (Å²) in [7, 11) is 0. The molecule has 1 rings (SSSR count). The van der Waals surface area contributed by atoms with E-state index in [9.17, 15) is 13.2 Å². The second kappa shape index (κ2) is 4.71. The van der Waals surface area contributed by atoms with Gasteiger partial charge in [-0.1, -0.05) is 0 Å². The van der Waals surface area contributed by atoms with Crippen molar-refractivity contribution in [3.05, 3.63) is 0 Å². The zero-order valence-corrected chi connectivity index (χ0v) is 11.1. The molecule has 0 bridgehead atoms. The number of nitriles is 1. The van der Waals surface area contributed by atoms with Crippen molar-refractivity contribution in [3.8, 4) is 6.07 Å². The van der Waals surface area contributed by atoms with Crippen LogP contribution in [-0.4, -0.2) is 41.9 Å². The van der Waals surface area contributed by atoms with Gasteiger partial charge in [-0.3, -0.25) is 4.90 Å². The Bertz CT molecular complexity index is 328. The van der Waals surface area contributed by atoms with Crippen molar-refractivity contribution in [2.75, 3.05) is 19.6 Å². The van der Waals surface area contributed by atoms with E-state index < -0.39 is 23.3 Å². The first-order valence-corrected chi connectivity index (χ1v) is 5.84. The Labute approximate surface area is 106 Å². The van der Waals surface area contributed by atoms with Crippen LogP contribution in [0.5, 0.6) is 0 Å². The molecule has 1 aliphatic heterocycles. The lowest BCUT2D eigenvalue weighted by molar-refractivity contribution is -0.199. The average molecular weight is 264 g/mol. The Morgan fingerprint density at radius 2 is 1.67 bits per heavy atom. The minimum Gasteiger partial charge on any atom is -0.367 e. The number of hydrogen-bond donors (Lipinski definition) is 0. The van der Waals surface area contributed by atoms with Crippen LogP contribution in [0.4, 0.5) is 13.2 Å². The highest BCUT2D eigenvalue weighted by atomic mass is 19.4. The van der Waals surface area contributed by atoms with Crippen LogP contribution in [-0.2, 0) is 4.74 Å². The quantitative estimate of drug-likeness (QED) is 0.769. The number of morpholine rings is 1. The van der Waals surface area contributed by atoms with E-state index in [0.717, 1.165) is 0 Å². The van der Waals surface area contributed by atoms with Gasteiger partial charge in [0.05, 0.1) is 17.3 Å². The summed E-state index contributed by atoms with van der Waals surface area (Å²) in [6.07, 6.45) is -4.47. The van der Waals surface area contributed by atoms with Gasteiger partial charge < -0.3 is 4.74 Å². The molecule has 1 heterocycles. The molecule has 1 aliphatic rings. The fourth-order valence-corrected chi connectivity index (χ4v) is 2.55. The van der Waals surface area contributed by atoms with Crippen molar-refractivity contribution >= 4 is 0 Å². The van der Waals surface area contributed by atoms with Gasteiger partial charge in [0.25, 0.3) is 0 Å². The molecule has 1 saturated heterocycles. The minimum atomic E-state index is -4.47. The Morgan fingerprint density at radius 1 is 1.22 bits per heavy atom. The molecule has 0 amide bonds. The zero-order chi connectivity index (χ0) is 14.2. The van der Waals surface area contributed by atoms with Crippen molar-refractivity contribution in [3.63, 3.8) is 0 Å². The van der Waals surface area contributed by atoms with Gasteiger partial charge in [0.1, 0.15) is 0 Å². The predicted octanol–water partition coefficient (Wildman–Crippen LogP) is 2.58. The molecule has 0 saturated carbocycles. The molecule has 1 atom stereocenters. The van der Waals surface area contributed by atoms with Crippen LogP contribution in [0.25, 0.3) is 0 Å². The van der Waals surface area contributed by atoms with Gasteiger partial charge in [0.15, 0.2) is 5.92 Å². The highest BCUT2D eigenvalue weighted by molar-refractivity contribution is 4.95. The Balaban J connectivity index is 2.76. The van der Waals surface area contributed by atoms with Gasteiger partial charge >= 0.3 is 6.18 Å². The van der Waals surface area contributed by atoms with Crippen molar-refractivity contribution in [1.29, 1.82) is 5.26 Å². The summed E-state index contributed by atoms with van der Waals surface area (Å²) in [5.41, 5.74) is -1.01. The zero-order valence-electron chi connectivity index (χ0n) is 11.1. The molecule has 104 valence electrons. The van der Waals surface area contributed by atoms with E-state index >= 15 is 0 Å². The average Bonchev–Trinajstić information content (AvgIpc) is 2.06. The van der Waals surface area contributed by atoms with Crippen LogP contribution in [0.3, 0.4) is 0 Å². The Kier molecular flexibility index (Phi) is 3.99. The second-order valence-electron chi connectivity index (χ2n) is 6.01. The minimum absolute atomic E-state index is 0.295. The molecule has 0 N–H and O–H groups in total. The molecule has 6 heteroatoms. The topological polar surface area (TPSA) is 36.3 Å². The lowest BCUT2D eigenvalue weighted by atomic mass is 9.97. The van der Waals surface area contributed by atoms with E-state index in [4.69, 9.17) is 10.00 Å². The molecule has 0 aromatic heterocycles. The molecule has 0 spiro atoms. The van der Waals surface area contributed by atoms with Crippen molar-refractivity contribution in [2.24, 2.45) is 5.92 Å². The summed E-state index contributed by atoms with van der Waals surface area (Å²) in [5.74, 6) is -1.94. The predicted molar refractivity (Wildman–Crippen MR) is 60.8 cm³/mol. The third-order valence-corrected chi connectivity index (χ3v) is 2.75. The van der Waals surface area contributed by atoms with E-state index in [1.54, 1.807) is 4.90 Å². The molecule has 1 fully saturated rings. The number of hydrogen-bond acceptors (Lipinski definition) is 3. The van der Waals surface area contributed by atoms with Crippen LogP contribution in [0.15, 0.2) is 0 Å². The van der Waals surface area contributed by atoms with Crippen molar-refractivity contribution < 1.29 is 17.9 Å². The van der Waals surface area contributed by atoms with Gasteiger partial charge in [0, 0.05) is 19.6 Å². The lowest BCUT2D eigenvalue weighted by Crippen LogP contribution is -2.58.